The fraction of sp³-hybridized carbons (Fsp3) is 0.100. The van der Waals surface area contributed by atoms with Crippen LogP contribution in [-0.2, 0) is 6.54 Å². The Morgan fingerprint density at radius 2 is 2.00 bits per heavy atom. The van der Waals surface area contributed by atoms with Gasteiger partial charge < -0.3 is 5.73 Å². The fourth-order valence-corrected chi connectivity index (χ4v) is 1.70. The first-order chi connectivity index (χ1) is 8.09. The molecule has 17 heavy (non-hydrogen) atoms. The maximum atomic E-state index is 11.6. The lowest BCUT2D eigenvalue weighted by Gasteiger charge is -2.09. The Kier molecular flexibility index (Phi) is 3.10. The van der Waals surface area contributed by atoms with Gasteiger partial charge in [0, 0.05) is 12.4 Å². The molecule has 0 aliphatic heterocycles. The number of hydrogen-bond donors (Lipinski definition) is 2. The molecule has 0 fully saturated rings. The first kappa shape index (κ1) is 11.6. The quantitative estimate of drug-likeness (QED) is 0.835. The van der Waals surface area contributed by atoms with Gasteiger partial charge in [-0.25, -0.2) is 4.79 Å². The molecule has 3 N–H and O–H groups in total. The van der Waals surface area contributed by atoms with Crippen LogP contribution in [-0.4, -0.2) is 14.5 Å². The van der Waals surface area contributed by atoms with Crippen molar-refractivity contribution in [3.8, 4) is 0 Å². The van der Waals surface area contributed by atoms with E-state index in [9.17, 15) is 9.59 Å². The maximum absolute atomic E-state index is 11.6. The van der Waals surface area contributed by atoms with Crippen molar-refractivity contribution in [3.05, 3.63) is 55.4 Å². The second kappa shape index (κ2) is 4.54. The third-order valence-electron chi connectivity index (χ3n) is 2.27. The van der Waals surface area contributed by atoms with Gasteiger partial charge in [0.05, 0.1) is 6.54 Å². The highest BCUT2D eigenvalue weighted by Crippen LogP contribution is 2.12. The van der Waals surface area contributed by atoms with E-state index in [0.717, 1.165) is 5.56 Å². The summed E-state index contributed by atoms with van der Waals surface area (Å²) in [5, 5.41) is 0. The van der Waals surface area contributed by atoms with E-state index < -0.39 is 11.2 Å². The monoisotopic (exact) mass is 296 g/mol. The van der Waals surface area contributed by atoms with Gasteiger partial charge in [-0.05, 0) is 33.6 Å². The summed E-state index contributed by atoms with van der Waals surface area (Å²) in [4.78, 5) is 28.9. The Bertz CT molecular complexity index is 648. The molecule has 0 radical (unpaired) electrons. The maximum Gasteiger partial charge on any atom is 0.330 e. The second-order valence-corrected chi connectivity index (χ2v) is 4.19. The lowest BCUT2D eigenvalue weighted by molar-refractivity contribution is 0.728. The van der Waals surface area contributed by atoms with E-state index in [-0.39, 0.29) is 16.8 Å². The molecule has 2 heterocycles. The zero-order chi connectivity index (χ0) is 12.4. The van der Waals surface area contributed by atoms with Gasteiger partial charge in [0.2, 0.25) is 0 Å². The molecule has 2 aromatic heterocycles. The van der Waals surface area contributed by atoms with Crippen molar-refractivity contribution in [2.45, 2.75) is 6.54 Å². The topological polar surface area (TPSA) is 93.8 Å². The number of rotatable bonds is 2. The molecular weight excluding hydrogens is 288 g/mol. The third kappa shape index (κ3) is 2.28. The minimum absolute atomic E-state index is 0.107. The van der Waals surface area contributed by atoms with Crippen molar-refractivity contribution in [2.24, 2.45) is 0 Å². The van der Waals surface area contributed by atoms with Gasteiger partial charge in [-0.2, -0.15) is 0 Å². The highest BCUT2D eigenvalue weighted by molar-refractivity contribution is 9.10. The normalized spacial score (nSPS) is 10.4. The zero-order valence-corrected chi connectivity index (χ0v) is 10.3. The third-order valence-corrected chi connectivity index (χ3v) is 3.04. The summed E-state index contributed by atoms with van der Waals surface area (Å²) in [6.07, 6.45) is 3.24. The average Bonchev–Trinajstić information content (AvgIpc) is 2.33. The van der Waals surface area contributed by atoms with Crippen LogP contribution in [0.25, 0.3) is 0 Å². The van der Waals surface area contributed by atoms with Crippen LogP contribution >= 0.6 is 15.9 Å². The Balaban J connectivity index is 2.51. The summed E-state index contributed by atoms with van der Waals surface area (Å²) in [6, 6.07) is 3.54. The number of nitrogen functional groups attached to an aromatic ring is 1. The molecule has 0 amide bonds. The smallest absolute Gasteiger partial charge is 0.330 e. The SMILES string of the molecule is Nc1c(Br)c(=O)[nH]c(=O)n1Cc1ccncc1. The largest absolute Gasteiger partial charge is 0.384 e. The molecule has 88 valence electrons. The number of anilines is 1. The summed E-state index contributed by atoms with van der Waals surface area (Å²) < 4.78 is 1.44. The number of H-pyrrole nitrogens is 1. The Morgan fingerprint density at radius 3 is 2.65 bits per heavy atom. The summed E-state index contributed by atoms with van der Waals surface area (Å²) in [7, 11) is 0. The van der Waals surface area contributed by atoms with Crippen LogP contribution in [0.4, 0.5) is 5.82 Å². The molecule has 0 bridgehead atoms. The summed E-state index contributed by atoms with van der Waals surface area (Å²) in [5.74, 6) is 0.107. The number of aromatic nitrogens is 3. The van der Waals surface area contributed by atoms with Crippen molar-refractivity contribution in [2.75, 3.05) is 5.73 Å². The van der Waals surface area contributed by atoms with E-state index in [1.54, 1.807) is 24.5 Å². The lowest BCUT2D eigenvalue weighted by Crippen LogP contribution is -2.32. The predicted molar refractivity (Wildman–Crippen MR) is 66.8 cm³/mol. The first-order valence-corrected chi connectivity index (χ1v) is 5.56. The van der Waals surface area contributed by atoms with Crippen LogP contribution in [0.5, 0.6) is 0 Å². The minimum atomic E-state index is -0.535. The van der Waals surface area contributed by atoms with Crippen molar-refractivity contribution >= 4 is 21.7 Å². The van der Waals surface area contributed by atoms with Crippen molar-refractivity contribution in [1.29, 1.82) is 0 Å². The van der Waals surface area contributed by atoms with Gasteiger partial charge in [-0.3, -0.25) is 19.3 Å². The highest BCUT2D eigenvalue weighted by atomic mass is 79.9. The van der Waals surface area contributed by atoms with Gasteiger partial charge >= 0.3 is 5.69 Å². The second-order valence-electron chi connectivity index (χ2n) is 3.40. The lowest BCUT2D eigenvalue weighted by atomic mass is 10.2. The van der Waals surface area contributed by atoms with E-state index in [2.05, 4.69) is 25.9 Å². The van der Waals surface area contributed by atoms with E-state index in [4.69, 9.17) is 5.73 Å². The van der Waals surface area contributed by atoms with E-state index in [0.29, 0.717) is 0 Å². The number of pyridine rings is 1. The summed E-state index contributed by atoms with van der Waals surface area (Å²) in [5.41, 5.74) is 5.52. The summed E-state index contributed by atoms with van der Waals surface area (Å²) >= 11 is 3.04. The van der Waals surface area contributed by atoms with Crippen LogP contribution in [0.1, 0.15) is 5.56 Å². The molecule has 0 unspecified atom stereocenters. The number of halogens is 1. The number of nitrogens with zero attached hydrogens (tertiary/aromatic N) is 2. The van der Waals surface area contributed by atoms with Crippen LogP contribution in [0, 0.1) is 0 Å². The first-order valence-electron chi connectivity index (χ1n) is 4.76. The van der Waals surface area contributed by atoms with Crippen molar-refractivity contribution in [3.63, 3.8) is 0 Å². The van der Waals surface area contributed by atoms with Crippen LogP contribution < -0.4 is 17.0 Å². The van der Waals surface area contributed by atoms with E-state index >= 15 is 0 Å². The van der Waals surface area contributed by atoms with Gasteiger partial charge in [0.1, 0.15) is 10.3 Å². The van der Waals surface area contributed by atoms with Crippen LogP contribution in [0.3, 0.4) is 0 Å². The molecule has 0 saturated carbocycles. The van der Waals surface area contributed by atoms with Gasteiger partial charge in [-0.1, -0.05) is 0 Å². The number of hydrogen-bond acceptors (Lipinski definition) is 4. The Morgan fingerprint density at radius 1 is 1.35 bits per heavy atom. The number of nitrogens with two attached hydrogens (primary N) is 1. The van der Waals surface area contributed by atoms with Crippen LogP contribution in [0.15, 0.2) is 38.6 Å². The standard InChI is InChI=1S/C10H9BrN4O2/c11-7-8(12)15(10(17)14-9(7)16)5-6-1-3-13-4-2-6/h1-4H,5,12H2,(H,14,16,17). The van der Waals surface area contributed by atoms with Gasteiger partial charge in [0.15, 0.2) is 0 Å². The molecule has 2 rings (SSSR count). The molecule has 0 aliphatic rings. The molecule has 0 aliphatic carbocycles. The average molecular weight is 297 g/mol. The van der Waals surface area contributed by atoms with E-state index in [1.165, 1.54) is 4.57 Å². The molecule has 0 atom stereocenters. The van der Waals surface area contributed by atoms with Crippen molar-refractivity contribution < 1.29 is 0 Å². The fourth-order valence-electron chi connectivity index (χ4n) is 1.39. The van der Waals surface area contributed by atoms with E-state index in [1.807, 2.05) is 0 Å². The molecule has 0 spiro atoms. The van der Waals surface area contributed by atoms with Gasteiger partial charge in [0.25, 0.3) is 5.56 Å². The van der Waals surface area contributed by atoms with Crippen molar-refractivity contribution in [1.82, 2.24) is 14.5 Å². The predicted octanol–water partition coefficient (Wildman–Crippen LogP) is 0.325. The zero-order valence-electron chi connectivity index (χ0n) is 8.68. The molecule has 0 aromatic carbocycles. The highest BCUT2D eigenvalue weighted by Gasteiger charge is 2.09. The number of aromatic amines is 1. The number of nitrogens with one attached hydrogen (secondary N) is 1. The van der Waals surface area contributed by atoms with Gasteiger partial charge in [-0.15, -0.1) is 0 Å². The summed E-state index contributed by atoms with van der Waals surface area (Å²) in [6.45, 7) is 0.280. The molecule has 6 nitrogen and oxygen atoms in total. The molecular formula is C10H9BrN4O2. The minimum Gasteiger partial charge on any atom is -0.384 e. The Labute approximate surface area is 104 Å². The molecule has 0 saturated heterocycles. The Hall–Kier alpha value is -1.89. The van der Waals surface area contributed by atoms with Crippen LogP contribution in [0.2, 0.25) is 0 Å². The molecule has 2 aromatic rings. The molecule has 7 heteroatoms.